The molecule has 160 valence electrons. The van der Waals surface area contributed by atoms with Crippen molar-refractivity contribution < 1.29 is 23.9 Å². The van der Waals surface area contributed by atoms with Gasteiger partial charge in [0.15, 0.2) is 11.4 Å². The van der Waals surface area contributed by atoms with Gasteiger partial charge in [0.1, 0.15) is 0 Å². The lowest BCUT2D eigenvalue weighted by Gasteiger charge is -2.13. The van der Waals surface area contributed by atoms with Gasteiger partial charge >= 0.3 is 0 Å². The number of amides is 3. The number of rotatable bonds is 4. The summed E-state index contributed by atoms with van der Waals surface area (Å²) in [5.41, 5.74) is 2.49. The quantitative estimate of drug-likeness (QED) is 0.609. The number of aromatic nitrogens is 2. The topological polar surface area (TPSA) is 131 Å². The summed E-state index contributed by atoms with van der Waals surface area (Å²) in [4.78, 5) is 37.2. The Bertz CT molecular complexity index is 1160. The first kappa shape index (κ1) is 20.6. The van der Waals surface area contributed by atoms with Gasteiger partial charge in [-0.15, -0.1) is 0 Å². The van der Waals surface area contributed by atoms with Gasteiger partial charge in [0.25, 0.3) is 17.7 Å². The number of carbonyl (C=O) groups excluding carboxylic acids is 3. The molecule has 1 saturated carbocycles. The van der Waals surface area contributed by atoms with E-state index in [1.807, 2.05) is 0 Å². The van der Waals surface area contributed by atoms with Crippen molar-refractivity contribution in [1.82, 2.24) is 14.7 Å². The van der Waals surface area contributed by atoms with Crippen molar-refractivity contribution in [3.05, 3.63) is 41.7 Å². The second-order valence-electron chi connectivity index (χ2n) is 7.76. The molecule has 1 aromatic carbocycles. The predicted octanol–water partition coefficient (Wildman–Crippen LogP) is 0.356. The van der Waals surface area contributed by atoms with Crippen molar-refractivity contribution in [3.8, 4) is 17.5 Å². The molecule has 0 spiro atoms. The van der Waals surface area contributed by atoms with E-state index in [9.17, 15) is 23.9 Å². The van der Waals surface area contributed by atoms with Gasteiger partial charge in [-0.25, -0.2) is 9.07 Å². The van der Waals surface area contributed by atoms with E-state index in [0.29, 0.717) is 17.8 Å². The minimum absolute atomic E-state index is 0.00631. The standard InChI is InChI=1S/C21H20FN5O4/c1-26-10-9-21(31,19(26)30)6-5-13-3-2-4-14(11-13)27-12-15(16(25-27)17(23)28)24-18(29)20(22)7-8-20/h2-4,11-12,31H,7-10H2,1H3,(H2,23,28)(H,24,29)/t21-/m0/s1. The van der Waals surface area contributed by atoms with Crippen LogP contribution in [0.25, 0.3) is 5.69 Å². The van der Waals surface area contributed by atoms with Crippen LogP contribution < -0.4 is 11.1 Å². The van der Waals surface area contributed by atoms with Crippen LogP contribution in [0.2, 0.25) is 0 Å². The van der Waals surface area contributed by atoms with Gasteiger partial charge in [-0.1, -0.05) is 17.9 Å². The average molecular weight is 425 g/mol. The van der Waals surface area contributed by atoms with Crippen molar-refractivity contribution in [2.24, 2.45) is 5.73 Å². The zero-order valence-corrected chi connectivity index (χ0v) is 16.7. The second kappa shape index (κ2) is 7.21. The highest BCUT2D eigenvalue weighted by Gasteiger charge is 2.51. The smallest absolute Gasteiger partial charge is 0.271 e. The number of aliphatic hydroxyl groups is 1. The highest BCUT2D eigenvalue weighted by molar-refractivity contribution is 6.05. The van der Waals surface area contributed by atoms with Crippen molar-refractivity contribution in [1.29, 1.82) is 0 Å². The Kier molecular flexibility index (Phi) is 4.78. The Morgan fingerprint density at radius 1 is 1.32 bits per heavy atom. The molecule has 1 aromatic heterocycles. The lowest BCUT2D eigenvalue weighted by atomic mass is 10.0. The number of likely N-dealkylation sites (N-methyl/N-ethyl adjacent to an activating group) is 1. The summed E-state index contributed by atoms with van der Waals surface area (Å²) in [5, 5.41) is 16.9. The molecule has 1 aliphatic heterocycles. The maximum Gasteiger partial charge on any atom is 0.271 e. The molecule has 3 amide bonds. The zero-order valence-electron chi connectivity index (χ0n) is 16.7. The van der Waals surface area contributed by atoms with E-state index in [2.05, 4.69) is 22.3 Å². The first-order chi connectivity index (χ1) is 14.6. The third-order valence-electron chi connectivity index (χ3n) is 5.33. The molecule has 1 saturated heterocycles. The van der Waals surface area contributed by atoms with Crippen LogP contribution in [0.5, 0.6) is 0 Å². The number of primary amides is 1. The first-order valence-electron chi connectivity index (χ1n) is 9.63. The van der Waals surface area contributed by atoms with Crippen molar-refractivity contribution in [3.63, 3.8) is 0 Å². The van der Waals surface area contributed by atoms with Crippen LogP contribution in [0.1, 0.15) is 35.3 Å². The van der Waals surface area contributed by atoms with Gasteiger partial charge in [-0.05, 0) is 31.0 Å². The molecular weight excluding hydrogens is 405 g/mol. The number of nitrogens with zero attached hydrogens (tertiary/aromatic N) is 3. The van der Waals surface area contributed by atoms with Crippen LogP contribution in [0.3, 0.4) is 0 Å². The van der Waals surface area contributed by atoms with Crippen LogP contribution in [0, 0.1) is 11.8 Å². The molecule has 9 nitrogen and oxygen atoms in total. The SMILES string of the molecule is CN1CC[C@@](O)(C#Cc2cccc(-n3cc(NC(=O)C4(F)CC4)c(C(N)=O)n3)c2)C1=O. The summed E-state index contributed by atoms with van der Waals surface area (Å²) in [5.74, 6) is 3.26. The van der Waals surface area contributed by atoms with Crippen LogP contribution >= 0.6 is 0 Å². The summed E-state index contributed by atoms with van der Waals surface area (Å²) < 4.78 is 15.3. The minimum atomic E-state index is -1.92. The van der Waals surface area contributed by atoms with E-state index in [-0.39, 0.29) is 30.6 Å². The van der Waals surface area contributed by atoms with Crippen molar-refractivity contribution >= 4 is 23.4 Å². The van der Waals surface area contributed by atoms with Gasteiger partial charge < -0.3 is 21.1 Å². The largest absolute Gasteiger partial charge is 0.369 e. The first-order valence-corrected chi connectivity index (χ1v) is 9.63. The molecule has 2 heterocycles. The number of carbonyl (C=O) groups is 3. The lowest BCUT2D eigenvalue weighted by molar-refractivity contribution is -0.137. The molecule has 2 aromatic rings. The molecule has 0 radical (unpaired) electrons. The number of nitrogens with two attached hydrogens (primary N) is 1. The van der Waals surface area contributed by atoms with Crippen LogP contribution in [-0.2, 0) is 9.59 Å². The van der Waals surface area contributed by atoms with E-state index in [4.69, 9.17) is 5.73 Å². The lowest BCUT2D eigenvalue weighted by Crippen LogP contribution is -2.37. The van der Waals surface area contributed by atoms with Gasteiger partial charge in [0, 0.05) is 25.6 Å². The van der Waals surface area contributed by atoms with E-state index < -0.39 is 29.0 Å². The average Bonchev–Trinajstić information content (AvgIpc) is 3.27. The number of nitrogens with one attached hydrogen (secondary N) is 1. The van der Waals surface area contributed by atoms with Crippen LogP contribution in [-0.4, -0.2) is 62.4 Å². The molecule has 4 rings (SSSR count). The zero-order chi connectivity index (χ0) is 22.4. The highest BCUT2D eigenvalue weighted by Crippen LogP contribution is 2.40. The fourth-order valence-corrected chi connectivity index (χ4v) is 3.22. The Morgan fingerprint density at radius 3 is 2.68 bits per heavy atom. The van der Waals surface area contributed by atoms with Gasteiger partial charge in [0.2, 0.25) is 5.60 Å². The normalized spacial score (nSPS) is 21.4. The number of alkyl halides is 1. The molecule has 1 aliphatic carbocycles. The van der Waals surface area contributed by atoms with Gasteiger partial charge in [-0.3, -0.25) is 14.4 Å². The molecule has 0 unspecified atom stereocenters. The maximum absolute atomic E-state index is 14.0. The van der Waals surface area contributed by atoms with Crippen molar-refractivity contribution in [2.75, 3.05) is 18.9 Å². The Labute approximate surface area is 177 Å². The third kappa shape index (κ3) is 3.87. The molecule has 31 heavy (non-hydrogen) atoms. The Hall–Kier alpha value is -3.71. The van der Waals surface area contributed by atoms with E-state index >= 15 is 0 Å². The Morgan fingerprint density at radius 2 is 2.06 bits per heavy atom. The third-order valence-corrected chi connectivity index (χ3v) is 5.33. The summed E-state index contributed by atoms with van der Waals surface area (Å²) in [6, 6.07) is 6.66. The molecule has 10 heteroatoms. The molecule has 2 fully saturated rings. The molecule has 4 N–H and O–H groups in total. The number of benzene rings is 1. The number of anilines is 1. The molecule has 2 aliphatic rings. The maximum atomic E-state index is 14.0. The fourth-order valence-electron chi connectivity index (χ4n) is 3.22. The van der Waals surface area contributed by atoms with E-state index in [1.54, 1.807) is 31.3 Å². The summed E-state index contributed by atoms with van der Waals surface area (Å²) >= 11 is 0. The number of likely N-dealkylation sites (tertiary alicyclic amines) is 1. The predicted molar refractivity (Wildman–Crippen MR) is 108 cm³/mol. The summed E-state index contributed by atoms with van der Waals surface area (Å²) in [6.45, 7) is 0.419. The molecular formula is C21H20FN5O4. The minimum Gasteiger partial charge on any atom is -0.369 e. The number of hydrogen-bond donors (Lipinski definition) is 3. The number of hydrogen-bond acceptors (Lipinski definition) is 5. The van der Waals surface area contributed by atoms with E-state index in [0.717, 1.165) is 0 Å². The fraction of sp³-hybridized carbons (Fsp3) is 0.333. The van der Waals surface area contributed by atoms with Gasteiger partial charge in [0.05, 0.1) is 17.6 Å². The monoisotopic (exact) mass is 425 g/mol. The van der Waals surface area contributed by atoms with E-state index in [1.165, 1.54) is 15.8 Å². The van der Waals surface area contributed by atoms with Crippen LogP contribution in [0.4, 0.5) is 10.1 Å². The van der Waals surface area contributed by atoms with Gasteiger partial charge in [-0.2, -0.15) is 5.10 Å². The molecule has 1 atom stereocenters. The number of halogens is 1. The Balaban J connectivity index is 1.62. The highest BCUT2D eigenvalue weighted by atomic mass is 19.1. The van der Waals surface area contributed by atoms with Crippen LogP contribution in [0.15, 0.2) is 30.5 Å². The summed E-state index contributed by atoms with van der Waals surface area (Å²) in [7, 11) is 1.60. The van der Waals surface area contributed by atoms with Crippen molar-refractivity contribution in [2.45, 2.75) is 30.5 Å². The summed E-state index contributed by atoms with van der Waals surface area (Å²) in [6.07, 6.45) is 1.84. The second-order valence-corrected chi connectivity index (χ2v) is 7.76. The molecule has 0 bridgehead atoms.